The highest BCUT2D eigenvalue weighted by Crippen LogP contribution is 2.03. The number of benzene rings is 1. The van der Waals surface area contributed by atoms with Gasteiger partial charge in [0.15, 0.2) is 0 Å². The van der Waals surface area contributed by atoms with E-state index in [2.05, 4.69) is 0 Å². The highest BCUT2D eigenvalue weighted by Gasteiger charge is 2.12. The maximum absolute atomic E-state index is 13.0. The summed E-state index contributed by atoms with van der Waals surface area (Å²) in [7, 11) is -1.63. The van der Waals surface area contributed by atoms with E-state index >= 15 is 0 Å². The molecule has 1 rings (SSSR count). The highest BCUT2D eigenvalue weighted by molar-refractivity contribution is 6.58. The molecule has 0 heterocycles. The van der Waals surface area contributed by atoms with Gasteiger partial charge in [-0.2, -0.15) is 0 Å². The van der Waals surface area contributed by atoms with Crippen molar-refractivity contribution in [1.82, 2.24) is 0 Å². The molecule has 15 heavy (non-hydrogen) atoms. The maximum atomic E-state index is 13.0. The van der Waals surface area contributed by atoms with E-state index in [0.29, 0.717) is 25.2 Å². The molecular formula is C10H14BFO3. The Morgan fingerprint density at radius 3 is 2.67 bits per heavy atom. The number of rotatable bonds is 5. The van der Waals surface area contributed by atoms with Gasteiger partial charge in [0.25, 0.3) is 0 Å². The van der Waals surface area contributed by atoms with Crippen molar-refractivity contribution in [2.75, 3.05) is 13.2 Å². The standard InChI is InChI=1S/C10H14BFO3/c1-2-15-4-3-8-5-9(11(13)14)7-10(12)6-8/h5-7,13-14H,2-4H2,1H3. The number of hydrogen-bond acceptors (Lipinski definition) is 3. The van der Waals surface area contributed by atoms with Gasteiger partial charge in [-0.1, -0.05) is 6.07 Å². The van der Waals surface area contributed by atoms with Crippen molar-refractivity contribution in [3.8, 4) is 0 Å². The Bertz CT molecular complexity index is 318. The normalized spacial score (nSPS) is 10.4. The summed E-state index contributed by atoms with van der Waals surface area (Å²) in [6, 6.07) is 4.03. The third-order valence-electron chi connectivity index (χ3n) is 2.02. The van der Waals surface area contributed by atoms with Crippen LogP contribution in [0.2, 0.25) is 0 Å². The molecule has 0 saturated carbocycles. The van der Waals surface area contributed by atoms with E-state index in [0.717, 1.165) is 6.07 Å². The average molecular weight is 212 g/mol. The van der Waals surface area contributed by atoms with Crippen LogP contribution in [0.5, 0.6) is 0 Å². The number of halogens is 1. The fourth-order valence-corrected chi connectivity index (χ4v) is 1.30. The smallest absolute Gasteiger partial charge is 0.423 e. The Labute approximate surface area is 88.7 Å². The van der Waals surface area contributed by atoms with Crippen molar-refractivity contribution in [3.63, 3.8) is 0 Å². The van der Waals surface area contributed by atoms with Gasteiger partial charge in [0.2, 0.25) is 0 Å². The van der Waals surface area contributed by atoms with E-state index in [1.165, 1.54) is 6.07 Å². The second-order valence-corrected chi connectivity index (χ2v) is 3.21. The lowest BCUT2D eigenvalue weighted by Gasteiger charge is -2.05. The van der Waals surface area contributed by atoms with E-state index < -0.39 is 12.9 Å². The molecule has 82 valence electrons. The molecule has 0 atom stereocenters. The predicted molar refractivity (Wildman–Crippen MR) is 56.4 cm³/mol. The van der Waals surface area contributed by atoms with Gasteiger partial charge in [0.05, 0.1) is 6.61 Å². The van der Waals surface area contributed by atoms with Gasteiger partial charge in [0, 0.05) is 6.61 Å². The summed E-state index contributed by atoms with van der Waals surface area (Å²) in [6.45, 7) is 3.00. The van der Waals surface area contributed by atoms with Crippen LogP contribution in [0, 0.1) is 5.82 Å². The van der Waals surface area contributed by atoms with Gasteiger partial charge in [-0.3, -0.25) is 0 Å². The van der Waals surface area contributed by atoms with Crippen LogP contribution in [-0.4, -0.2) is 30.4 Å². The van der Waals surface area contributed by atoms with E-state index in [-0.39, 0.29) is 5.46 Å². The average Bonchev–Trinajstić information content (AvgIpc) is 2.17. The minimum Gasteiger partial charge on any atom is -0.423 e. The summed E-state index contributed by atoms with van der Waals surface area (Å²) in [5.41, 5.74) is 0.869. The van der Waals surface area contributed by atoms with Crippen LogP contribution in [0.15, 0.2) is 18.2 Å². The lowest BCUT2D eigenvalue weighted by Crippen LogP contribution is -2.30. The van der Waals surface area contributed by atoms with Gasteiger partial charge < -0.3 is 14.8 Å². The van der Waals surface area contributed by atoms with Crippen LogP contribution < -0.4 is 5.46 Å². The highest BCUT2D eigenvalue weighted by atomic mass is 19.1. The van der Waals surface area contributed by atoms with E-state index in [4.69, 9.17) is 14.8 Å². The van der Waals surface area contributed by atoms with E-state index in [1.807, 2.05) is 6.92 Å². The summed E-state index contributed by atoms with van der Waals surface area (Å²) >= 11 is 0. The van der Waals surface area contributed by atoms with Gasteiger partial charge in [-0.05, 0) is 36.5 Å². The molecule has 1 aromatic carbocycles. The van der Waals surface area contributed by atoms with E-state index in [9.17, 15) is 4.39 Å². The molecule has 0 fully saturated rings. The summed E-state index contributed by atoms with van der Waals surface area (Å²) in [5.74, 6) is -0.466. The quantitative estimate of drug-likeness (QED) is 0.537. The fourth-order valence-electron chi connectivity index (χ4n) is 1.30. The summed E-state index contributed by atoms with van der Waals surface area (Å²) in [4.78, 5) is 0. The van der Waals surface area contributed by atoms with E-state index in [1.54, 1.807) is 6.07 Å². The third-order valence-corrected chi connectivity index (χ3v) is 2.02. The van der Waals surface area contributed by atoms with Crippen LogP contribution in [-0.2, 0) is 11.2 Å². The molecule has 0 spiro atoms. The molecule has 0 amide bonds. The molecule has 0 saturated heterocycles. The Kier molecular flexibility index (Phi) is 4.75. The third kappa shape index (κ3) is 3.99. The Morgan fingerprint density at radius 1 is 1.33 bits per heavy atom. The molecule has 0 aliphatic rings. The molecule has 0 radical (unpaired) electrons. The minimum atomic E-state index is -1.63. The zero-order valence-corrected chi connectivity index (χ0v) is 8.61. The summed E-state index contributed by atoms with van der Waals surface area (Å²) in [6.07, 6.45) is 0.561. The topological polar surface area (TPSA) is 49.7 Å². The van der Waals surface area contributed by atoms with Crippen molar-refractivity contribution in [2.45, 2.75) is 13.3 Å². The monoisotopic (exact) mass is 212 g/mol. The van der Waals surface area contributed by atoms with Crippen molar-refractivity contribution in [3.05, 3.63) is 29.6 Å². The first-order chi connectivity index (χ1) is 7.13. The first kappa shape index (κ1) is 12.2. The first-order valence-electron chi connectivity index (χ1n) is 4.86. The van der Waals surface area contributed by atoms with Crippen LogP contribution in [0.3, 0.4) is 0 Å². The van der Waals surface area contributed by atoms with Crippen LogP contribution in [0.25, 0.3) is 0 Å². The van der Waals surface area contributed by atoms with Crippen molar-refractivity contribution in [2.24, 2.45) is 0 Å². The zero-order chi connectivity index (χ0) is 11.3. The fraction of sp³-hybridized carbons (Fsp3) is 0.400. The molecule has 0 bridgehead atoms. The van der Waals surface area contributed by atoms with Gasteiger partial charge in [-0.25, -0.2) is 4.39 Å². The molecule has 0 aliphatic carbocycles. The Hall–Kier alpha value is -0.905. The molecule has 0 unspecified atom stereocenters. The first-order valence-corrected chi connectivity index (χ1v) is 4.86. The predicted octanol–water partition coefficient (Wildman–Crippen LogP) is 0.0845. The molecule has 0 aromatic heterocycles. The van der Waals surface area contributed by atoms with Crippen LogP contribution in [0.1, 0.15) is 12.5 Å². The summed E-state index contributed by atoms with van der Waals surface area (Å²) in [5, 5.41) is 17.8. The summed E-state index contributed by atoms with van der Waals surface area (Å²) < 4.78 is 18.2. The molecule has 0 aliphatic heterocycles. The Morgan fingerprint density at radius 2 is 2.07 bits per heavy atom. The van der Waals surface area contributed by atoms with Crippen molar-refractivity contribution < 1.29 is 19.2 Å². The lowest BCUT2D eigenvalue weighted by molar-refractivity contribution is 0.151. The number of hydrogen-bond donors (Lipinski definition) is 2. The van der Waals surface area contributed by atoms with Crippen molar-refractivity contribution >= 4 is 12.6 Å². The van der Waals surface area contributed by atoms with Crippen LogP contribution in [0.4, 0.5) is 4.39 Å². The van der Waals surface area contributed by atoms with Crippen molar-refractivity contribution in [1.29, 1.82) is 0 Å². The zero-order valence-electron chi connectivity index (χ0n) is 8.61. The minimum absolute atomic E-state index is 0.168. The largest absolute Gasteiger partial charge is 0.488 e. The Balaban J connectivity index is 2.71. The molecular weight excluding hydrogens is 198 g/mol. The number of ether oxygens (including phenoxy) is 1. The second-order valence-electron chi connectivity index (χ2n) is 3.21. The lowest BCUT2D eigenvalue weighted by atomic mass is 9.79. The molecule has 1 aromatic rings. The van der Waals surface area contributed by atoms with Gasteiger partial charge >= 0.3 is 7.12 Å². The second kappa shape index (κ2) is 5.85. The SMILES string of the molecule is CCOCCc1cc(F)cc(B(O)O)c1. The van der Waals surface area contributed by atoms with Gasteiger partial charge in [-0.15, -0.1) is 0 Å². The molecule has 3 nitrogen and oxygen atoms in total. The maximum Gasteiger partial charge on any atom is 0.488 e. The van der Waals surface area contributed by atoms with Gasteiger partial charge in [0.1, 0.15) is 5.82 Å². The molecule has 2 N–H and O–H groups in total. The van der Waals surface area contributed by atoms with Crippen LogP contribution >= 0.6 is 0 Å². The molecule has 5 heteroatoms.